The molecule has 0 aliphatic carbocycles. The van der Waals surface area contributed by atoms with Crippen molar-refractivity contribution >= 4 is 24.0 Å². The van der Waals surface area contributed by atoms with Gasteiger partial charge in [-0.2, -0.15) is 0 Å². The topological polar surface area (TPSA) is 58.4 Å². The number of amides is 1. The smallest absolute Gasteiger partial charge is 0.238 e. The number of nitrogens with two attached hydrogens (primary N) is 1. The molecule has 1 unspecified atom stereocenters. The van der Waals surface area contributed by atoms with Gasteiger partial charge in [0.2, 0.25) is 5.91 Å². The largest absolute Gasteiger partial charge is 0.330 e. The van der Waals surface area contributed by atoms with Crippen molar-refractivity contribution in [3.8, 4) is 0 Å². The maximum atomic E-state index is 13.0. The predicted molar refractivity (Wildman–Crippen MR) is 75.8 cm³/mol. The van der Waals surface area contributed by atoms with E-state index in [9.17, 15) is 13.6 Å². The lowest BCUT2D eigenvalue weighted by Gasteiger charge is -2.15. The van der Waals surface area contributed by atoms with E-state index in [1.54, 1.807) is 0 Å². The molecule has 1 atom stereocenters. The third-order valence-corrected chi connectivity index (χ3v) is 3.27. The highest BCUT2D eigenvalue weighted by Gasteiger charge is 2.22. The number of hydrogen-bond acceptors (Lipinski definition) is 3. The molecule has 0 aromatic heterocycles. The Kier molecular flexibility index (Phi) is 6.32. The number of hydrogen-bond donors (Lipinski definition) is 2. The van der Waals surface area contributed by atoms with Crippen LogP contribution in [0.1, 0.15) is 6.42 Å². The minimum absolute atomic E-state index is 0. The lowest BCUT2D eigenvalue weighted by Crippen LogP contribution is -2.32. The molecule has 20 heavy (non-hydrogen) atoms. The Morgan fingerprint density at radius 1 is 1.40 bits per heavy atom. The summed E-state index contributed by atoms with van der Waals surface area (Å²) in [7, 11) is 0. The van der Waals surface area contributed by atoms with E-state index < -0.39 is 11.6 Å². The zero-order chi connectivity index (χ0) is 13.8. The number of anilines is 1. The van der Waals surface area contributed by atoms with Crippen molar-refractivity contribution in [3.63, 3.8) is 0 Å². The maximum absolute atomic E-state index is 13.0. The van der Waals surface area contributed by atoms with E-state index in [2.05, 4.69) is 5.32 Å². The molecule has 0 bridgehead atoms. The zero-order valence-electron chi connectivity index (χ0n) is 10.9. The number of rotatable bonds is 4. The normalized spacial score (nSPS) is 18.6. The monoisotopic (exact) mass is 305 g/mol. The molecule has 4 nitrogen and oxygen atoms in total. The van der Waals surface area contributed by atoms with E-state index in [0.29, 0.717) is 12.5 Å². The third kappa shape index (κ3) is 4.40. The van der Waals surface area contributed by atoms with Crippen molar-refractivity contribution in [2.75, 3.05) is 31.5 Å². The van der Waals surface area contributed by atoms with Gasteiger partial charge in [-0.25, -0.2) is 8.78 Å². The fourth-order valence-electron chi connectivity index (χ4n) is 2.23. The third-order valence-electron chi connectivity index (χ3n) is 3.27. The Balaban J connectivity index is 0.00000200. The standard InChI is InChI=1S/C13H17F2N3O.ClH/c14-11-2-1-10(5-12(11)15)17-13(19)8-18-4-3-9(6-16)7-18;/h1-2,5,9H,3-4,6-8,16H2,(H,17,19);1H. The van der Waals surface area contributed by atoms with Crippen LogP contribution in [0.3, 0.4) is 0 Å². The van der Waals surface area contributed by atoms with Gasteiger partial charge in [0.15, 0.2) is 11.6 Å². The summed E-state index contributed by atoms with van der Waals surface area (Å²) in [6, 6.07) is 3.30. The Hall–Kier alpha value is -1.24. The first-order chi connectivity index (χ1) is 9.08. The molecule has 1 saturated heterocycles. The molecule has 112 valence electrons. The summed E-state index contributed by atoms with van der Waals surface area (Å²) < 4.78 is 25.7. The van der Waals surface area contributed by atoms with Crippen molar-refractivity contribution in [2.24, 2.45) is 11.7 Å². The molecule has 7 heteroatoms. The average molecular weight is 306 g/mol. The van der Waals surface area contributed by atoms with Crippen LogP contribution in [-0.2, 0) is 4.79 Å². The lowest BCUT2D eigenvalue weighted by atomic mass is 10.1. The second-order valence-electron chi connectivity index (χ2n) is 4.80. The maximum Gasteiger partial charge on any atom is 0.238 e. The number of carbonyl (C=O) groups excluding carboxylic acids is 1. The summed E-state index contributed by atoms with van der Waals surface area (Å²) in [6.07, 6.45) is 0.995. The van der Waals surface area contributed by atoms with Crippen molar-refractivity contribution in [1.29, 1.82) is 0 Å². The Morgan fingerprint density at radius 3 is 2.75 bits per heavy atom. The van der Waals surface area contributed by atoms with E-state index in [1.807, 2.05) is 4.90 Å². The van der Waals surface area contributed by atoms with Crippen LogP contribution in [0.15, 0.2) is 18.2 Å². The molecular weight excluding hydrogens is 288 g/mol. The van der Waals surface area contributed by atoms with Gasteiger partial charge in [-0.3, -0.25) is 9.69 Å². The van der Waals surface area contributed by atoms with E-state index >= 15 is 0 Å². The zero-order valence-corrected chi connectivity index (χ0v) is 11.8. The molecule has 1 aliphatic rings. The summed E-state index contributed by atoms with van der Waals surface area (Å²) in [5.41, 5.74) is 5.84. The summed E-state index contributed by atoms with van der Waals surface area (Å²) in [5.74, 6) is -1.69. The second kappa shape index (κ2) is 7.52. The van der Waals surface area contributed by atoms with Gasteiger partial charge in [0.1, 0.15) is 0 Å². The number of carbonyl (C=O) groups is 1. The lowest BCUT2D eigenvalue weighted by molar-refractivity contribution is -0.117. The Bertz CT molecular complexity index is 473. The summed E-state index contributed by atoms with van der Waals surface area (Å²) in [6.45, 7) is 2.52. The fourth-order valence-corrected chi connectivity index (χ4v) is 2.23. The molecule has 1 aromatic carbocycles. The molecule has 0 spiro atoms. The van der Waals surface area contributed by atoms with Gasteiger partial charge in [0.25, 0.3) is 0 Å². The highest BCUT2D eigenvalue weighted by atomic mass is 35.5. The summed E-state index contributed by atoms with van der Waals surface area (Å²) in [4.78, 5) is 13.8. The van der Waals surface area contributed by atoms with Gasteiger partial charge < -0.3 is 11.1 Å². The molecule has 3 N–H and O–H groups in total. The number of nitrogens with one attached hydrogen (secondary N) is 1. The molecule has 0 radical (unpaired) electrons. The van der Waals surface area contributed by atoms with Crippen LogP contribution in [-0.4, -0.2) is 37.0 Å². The van der Waals surface area contributed by atoms with Crippen LogP contribution in [0.2, 0.25) is 0 Å². The van der Waals surface area contributed by atoms with Crippen molar-refractivity contribution < 1.29 is 13.6 Å². The van der Waals surface area contributed by atoms with E-state index in [0.717, 1.165) is 31.6 Å². The molecule has 1 fully saturated rings. The highest BCUT2D eigenvalue weighted by Crippen LogP contribution is 2.16. The van der Waals surface area contributed by atoms with Crippen LogP contribution in [0.25, 0.3) is 0 Å². The number of halogens is 3. The van der Waals surface area contributed by atoms with Crippen LogP contribution in [0.5, 0.6) is 0 Å². The first-order valence-electron chi connectivity index (χ1n) is 6.26. The first-order valence-corrected chi connectivity index (χ1v) is 6.26. The Labute approximate surface area is 122 Å². The fraction of sp³-hybridized carbons (Fsp3) is 0.462. The molecule has 1 aromatic rings. The summed E-state index contributed by atoms with van der Waals surface area (Å²) >= 11 is 0. The number of likely N-dealkylation sites (tertiary alicyclic amines) is 1. The van der Waals surface area contributed by atoms with Gasteiger partial charge in [-0.15, -0.1) is 12.4 Å². The first kappa shape index (κ1) is 16.8. The minimum atomic E-state index is -0.970. The van der Waals surface area contributed by atoms with Crippen LogP contribution in [0, 0.1) is 17.6 Å². The molecule has 2 rings (SSSR count). The van der Waals surface area contributed by atoms with Crippen LogP contribution >= 0.6 is 12.4 Å². The molecular formula is C13H18ClF2N3O. The van der Waals surface area contributed by atoms with Crippen LogP contribution in [0.4, 0.5) is 14.5 Å². The van der Waals surface area contributed by atoms with Crippen molar-refractivity contribution in [2.45, 2.75) is 6.42 Å². The van der Waals surface area contributed by atoms with Crippen molar-refractivity contribution in [3.05, 3.63) is 29.8 Å². The summed E-state index contributed by atoms with van der Waals surface area (Å²) in [5, 5.41) is 2.55. The predicted octanol–water partition coefficient (Wildman–Crippen LogP) is 1.61. The van der Waals surface area contributed by atoms with E-state index in [-0.39, 0.29) is 30.5 Å². The van der Waals surface area contributed by atoms with Gasteiger partial charge >= 0.3 is 0 Å². The van der Waals surface area contributed by atoms with Crippen molar-refractivity contribution in [1.82, 2.24) is 4.90 Å². The number of nitrogens with zero attached hydrogens (tertiary/aromatic N) is 1. The van der Waals surface area contributed by atoms with Gasteiger partial charge in [0.05, 0.1) is 6.54 Å². The average Bonchev–Trinajstić information content (AvgIpc) is 2.81. The van der Waals surface area contributed by atoms with Gasteiger partial charge in [-0.1, -0.05) is 0 Å². The minimum Gasteiger partial charge on any atom is -0.330 e. The van der Waals surface area contributed by atoms with Gasteiger partial charge in [0, 0.05) is 18.3 Å². The SMILES string of the molecule is Cl.NCC1CCN(CC(=O)Nc2ccc(F)c(F)c2)C1. The molecule has 0 saturated carbocycles. The second-order valence-corrected chi connectivity index (χ2v) is 4.80. The molecule has 1 heterocycles. The Morgan fingerprint density at radius 2 is 2.15 bits per heavy atom. The van der Waals surface area contributed by atoms with Crippen LogP contribution < -0.4 is 11.1 Å². The van der Waals surface area contributed by atoms with Gasteiger partial charge in [-0.05, 0) is 37.6 Å². The number of benzene rings is 1. The molecule has 1 amide bonds. The quantitative estimate of drug-likeness (QED) is 0.888. The van der Waals surface area contributed by atoms with E-state index in [1.165, 1.54) is 6.07 Å². The van der Waals surface area contributed by atoms with E-state index in [4.69, 9.17) is 5.73 Å². The molecule has 1 aliphatic heterocycles. The highest BCUT2D eigenvalue weighted by molar-refractivity contribution is 5.92.